The molecule has 1 atom stereocenters. The van der Waals surface area contributed by atoms with E-state index in [1.54, 1.807) is 13.0 Å². The van der Waals surface area contributed by atoms with Crippen LogP contribution in [-0.2, 0) is 4.79 Å². The Kier molecular flexibility index (Phi) is 4.69. The Morgan fingerprint density at radius 2 is 2.11 bits per heavy atom. The van der Waals surface area contributed by atoms with E-state index in [0.29, 0.717) is 12.8 Å². The molecule has 6 heteroatoms. The molecular weight excluding hydrogens is 246 g/mol. The molecule has 0 spiro atoms. The fourth-order valence-corrected chi connectivity index (χ4v) is 1.60. The monoisotopic (exact) mass is 267 g/mol. The Morgan fingerprint density at radius 3 is 2.53 bits per heavy atom. The van der Waals surface area contributed by atoms with Crippen molar-refractivity contribution in [2.45, 2.75) is 46.6 Å². The van der Waals surface area contributed by atoms with Gasteiger partial charge in [0.25, 0.3) is 5.91 Å². The van der Waals surface area contributed by atoms with Gasteiger partial charge in [-0.05, 0) is 31.2 Å². The number of aliphatic carboxylic acids is 1. The van der Waals surface area contributed by atoms with Gasteiger partial charge in [-0.15, -0.1) is 0 Å². The SMILES string of the molecule is Cc1cc(C(=O)NC(CCC(C)(C)C)C(=O)O)n[nH]1. The minimum atomic E-state index is -1.02. The van der Waals surface area contributed by atoms with Crippen LogP contribution in [0.5, 0.6) is 0 Å². The van der Waals surface area contributed by atoms with Crippen molar-refractivity contribution in [3.8, 4) is 0 Å². The summed E-state index contributed by atoms with van der Waals surface area (Å²) in [6.07, 6.45) is 1.11. The van der Waals surface area contributed by atoms with Crippen LogP contribution in [0.2, 0.25) is 0 Å². The summed E-state index contributed by atoms with van der Waals surface area (Å²) in [5, 5.41) is 18.1. The molecule has 1 unspecified atom stereocenters. The number of hydrogen-bond acceptors (Lipinski definition) is 3. The Balaban J connectivity index is 2.63. The topological polar surface area (TPSA) is 95.1 Å². The van der Waals surface area contributed by atoms with Gasteiger partial charge in [0.15, 0.2) is 0 Å². The van der Waals surface area contributed by atoms with Crippen LogP contribution in [0.1, 0.15) is 49.8 Å². The highest BCUT2D eigenvalue weighted by atomic mass is 16.4. The van der Waals surface area contributed by atoms with Crippen LogP contribution >= 0.6 is 0 Å². The van der Waals surface area contributed by atoms with Crippen molar-refractivity contribution < 1.29 is 14.7 Å². The summed E-state index contributed by atoms with van der Waals surface area (Å²) < 4.78 is 0. The van der Waals surface area contributed by atoms with E-state index in [0.717, 1.165) is 5.69 Å². The van der Waals surface area contributed by atoms with Crippen LogP contribution < -0.4 is 5.32 Å². The third-order valence-electron chi connectivity index (χ3n) is 2.73. The molecule has 1 rings (SSSR count). The standard InChI is InChI=1S/C13H21N3O3/c1-8-7-10(16-15-8)11(17)14-9(12(18)19)5-6-13(2,3)4/h7,9H,5-6H2,1-4H3,(H,14,17)(H,15,16)(H,18,19). The zero-order valence-corrected chi connectivity index (χ0v) is 11.8. The summed E-state index contributed by atoms with van der Waals surface area (Å²) in [6.45, 7) is 7.87. The van der Waals surface area contributed by atoms with Crippen LogP contribution in [0.15, 0.2) is 6.07 Å². The number of rotatable bonds is 5. The van der Waals surface area contributed by atoms with E-state index >= 15 is 0 Å². The molecule has 0 radical (unpaired) electrons. The van der Waals surface area contributed by atoms with Gasteiger partial charge in [-0.3, -0.25) is 9.89 Å². The van der Waals surface area contributed by atoms with Crippen molar-refractivity contribution in [2.24, 2.45) is 5.41 Å². The first kappa shape index (κ1) is 15.2. The average molecular weight is 267 g/mol. The number of carboxylic acids is 1. The van der Waals surface area contributed by atoms with Crippen molar-refractivity contribution in [1.29, 1.82) is 0 Å². The summed E-state index contributed by atoms with van der Waals surface area (Å²) in [5.74, 6) is -1.49. The Hall–Kier alpha value is -1.85. The summed E-state index contributed by atoms with van der Waals surface area (Å²) in [6, 6.07) is 0.696. The molecule has 0 aliphatic rings. The highest BCUT2D eigenvalue weighted by molar-refractivity contribution is 5.94. The van der Waals surface area contributed by atoms with Gasteiger partial charge in [0.1, 0.15) is 11.7 Å². The van der Waals surface area contributed by atoms with Gasteiger partial charge in [-0.2, -0.15) is 5.10 Å². The second-order valence-electron chi connectivity index (χ2n) is 5.90. The Labute approximate surface area is 112 Å². The van der Waals surface area contributed by atoms with Crippen LogP contribution in [0, 0.1) is 12.3 Å². The molecule has 0 saturated heterocycles. The molecule has 1 aromatic heterocycles. The average Bonchev–Trinajstić information content (AvgIpc) is 2.69. The van der Waals surface area contributed by atoms with Gasteiger partial charge in [-0.1, -0.05) is 20.8 Å². The normalized spacial score (nSPS) is 13.1. The van der Waals surface area contributed by atoms with Gasteiger partial charge in [-0.25, -0.2) is 4.79 Å². The number of nitrogens with one attached hydrogen (secondary N) is 2. The number of aromatic amines is 1. The predicted molar refractivity (Wildman–Crippen MR) is 70.9 cm³/mol. The van der Waals surface area contributed by atoms with Crippen LogP contribution in [0.25, 0.3) is 0 Å². The second kappa shape index (κ2) is 5.86. The van der Waals surface area contributed by atoms with Gasteiger partial charge < -0.3 is 10.4 Å². The Bertz CT molecular complexity index is 460. The molecular formula is C13H21N3O3. The number of aryl methyl sites for hydroxylation is 1. The van der Waals surface area contributed by atoms with Crippen molar-refractivity contribution in [3.05, 3.63) is 17.5 Å². The fraction of sp³-hybridized carbons (Fsp3) is 0.615. The maximum absolute atomic E-state index is 11.8. The van der Waals surface area contributed by atoms with E-state index in [1.165, 1.54) is 0 Å². The molecule has 0 bridgehead atoms. The van der Waals surface area contributed by atoms with Crippen LogP contribution in [0.4, 0.5) is 0 Å². The molecule has 0 aromatic carbocycles. The van der Waals surface area contributed by atoms with E-state index in [1.807, 2.05) is 20.8 Å². The molecule has 19 heavy (non-hydrogen) atoms. The zero-order valence-electron chi connectivity index (χ0n) is 11.8. The number of carboxylic acid groups (broad SMARTS) is 1. The number of carbonyl (C=O) groups is 2. The predicted octanol–water partition coefficient (Wildman–Crippen LogP) is 1.73. The minimum absolute atomic E-state index is 0.0291. The molecule has 6 nitrogen and oxygen atoms in total. The molecule has 1 aromatic rings. The molecule has 0 aliphatic carbocycles. The molecule has 0 aliphatic heterocycles. The lowest BCUT2D eigenvalue weighted by Crippen LogP contribution is -2.41. The number of aromatic nitrogens is 2. The number of H-pyrrole nitrogens is 1. The van der Waals surface area contributed by atoms with Crippen molar-refractivity contribution in [2.75, 3.05) is 0 Å². The maximum Gasteiger partial charge on any atom is 0.326 e. The first-order valence-corrected chi connectivity index (χ1v) is 6.25. The summed E-state index contributed by atoms with van der Waals surface area (Å²) in [7, 11) is 0. The molecule has 0 fully saturated rings. The maximum atomic E-state index is 11.8. The zero-order chi connectivity index (χ0) is 14.6. The van der Waals surface area contributed by atoms with Crippen molar-refractivity contribution in [1.82, 2.24) is 15.5 Å². The molecule has 3 N–H and O–H groups in total. The number of nitrogens with zero attached hydrogens (tertiary/aromatic N) is 1. The first-order chi connectivity index (χ1) is 8.69. The lowest BCUT2D eigenvalue weighted by atomic mass is 9.88. The van der Waals surface area contributed by atoms with Crippen molar-refractivity contribution in [3.63, 3.8) is 0 Å². The van der Waals surface area contributed by atoms with Gasteiger partial charge in [0, 0.05) is 5.69 Å². The molecule has 106 valence electrons. The number of carbonyl (C=O) groups excluding carboxylic acids is 1. The highest BCUT2D eigenvalue weighted by Gasteiger charge is 2.23. The third-order valence-corrected chi connectivity index (χ3v) is 2.73. The van der Waals surface area contributed by atoms with Gasteiger partial charge in [0.2, 0.25) is 0 Å². The molecule has 1 amide bonds. The number of amides is 1. The highest BCUT2D eigenvalue weighted by Crippen LogP contribution is 2.21. The third kappa shape index (κ3) is 5.11. The minimum Gasteiger partial charge on any atom is -0.480 e. The van der Waals surface area contributed by atoms with Crippen LogP contribution in [-0.4, -0.2) is 33.2 Å². The van der Waals surface area contributed by atoms with E-state index in [2.05, 4.69) is 15.5 Å². The quantitative estimate of drug-likeness (QED) is 0.757. The van der Waals surface area contributed by atoms with Crippen molar-refractivity contribution >= 4 is 11.9 Å². The summed E-state index contributed by atoms with van der Waals surface area (Å²) in [5.41, 5.74) is 0.993. The van der Waals surface area contributed by atoms with Gasteiger partial charge >= 0.3 is 5.97 Å². The Morgan fingerprint density at radius 1 is 1.47 bits per heavy atom. The lowest BCUT2D eigenvalue weighted by Gasteiger charge is -2.21. The second-order valence-corrected chi connectivity index (χ2v) is 5.90. The van der Waals surface area contributed by atoms with Gasteiger partial charge in [0.05, 0.1) is 0 Å². The summed E-state index contributed by atoms with van der Waals surface area (Å²) in [4.78, 5) is 23.0. The fourth-order valence-electron chi connectivity index (χ4n) is 1.60. The summed E-state index contributed by atoms with van der Waals surface area (Å²) >= 11 is 0. The van der Waals surface area contributed by atoms with Crippen LogP contribution in [0.3, 0.4) is 0 Å². The largest absolute Gasteiger partial charge is 0.480 e. The van der Waals surface area contributed by atoms with E-state index < -0.39 is 17.9 Å². The lowest BCUT2D eigenvalue weighted by molar-refractivity contribution is -0.139. The molecule has 0 saturated carbocycles. The van der Waals surface area contributed by atoms with E-state index in [4.69, 9.17) is 5.11 Å². The molecule has 1 heterocycles. The van der Waals surface area contributed by atoms with E-state index in [9.17, 15) is 9.59 Å². The number of hydrogen-bond donors (Lipinski definition) is 3. The smallest absolute Gasteiger partial charge is 0.326 e. The first-order valence-electron chi connectivity index (χ1n) is 6.25. The van der Waals surface area contributed by atoms with E-state index in [-0.39, 0.29) is 11.1 Å².